The monoisotopic (exact) mass is 263 g/mol. The fraction of sp³-hybridized carbons (Fsp3) is 0.500. The number of rotatable bonds is 3. The lowest BCUT2D eigenvalue weighted by molar-refractivity contribution is 0.636. The van der Waals surface area contributed by atoms with E-state index < -0.39 is 0 Å². The molecule has 5 heteroatoms. The van der Waals surface area contributed by atoms with Crippen LogP contribution in [0.3, 0.4) is 0 Å². The lowest BCUT2D eigenvalue weighted by Gasteiger charge is -2.24. The van der Waals surface area contributed by atoms with E-state index in [1.54, 1.807) is 6.20 Å². The molecule has 1 aromatic rings. The molecule has 72 valence electrons. The summed E-state index contributed by atoms with van der Waals surface area (Å²) in [6.45, 7) is 4.02. The van der Waals surface area contributed by atoms with Crippen molar-refractivity contribution in [1.29, 1.82) is 0 Å². The van der Waals surface area contributed by atoms with Crippen LogP contribution >= 0.6 is 27.5 Å². The molecule has 1 aromatic heterocycles. The molecule has 13 heavy (non-hydrogen) atoms. The minimum Gasteiger partial charge on any atom is -0.363 e. The van der Waals surface area contributed by atoms with Gasteiger partial charge in [0.1, 0.15) is 12.1 Å². The molecule has 0 unspecified atom stereocenters. The Morgan fingerprint density at radius 3 is 2.85 bits per heavy atom. The van der Waals surface area contributed by atoms with E-state index in [0.29, 0.717) is 5.88 Å². The number of halogens is 2. The standard InChI is InChI=1S/C8H11BrClN3/c1-8(2,4-10)13-7-6(9)3-11-5-12-7/h3,5H,4H2,1-2H3,(H,11,12,13). The summed E-state index contributed by atoms with van der Waals surface area (Å²) in [7, 11) is 0. The van der Waals surface area contributed by atoms with Gasteiger partial charge in [-0.1, -0.05) is 0 Å². The van der Waals surface area contributed by atoms with Gasteiger partial charge in [-0.15, -0.1) is 11.6 Å². The number of anilines is 1. The van der Waals surface area contributed by atoms with Crippen LogP contribution in [-0.4, -0.2) is 21.4 Å². The summed E-state index contributed by atoms with van der Waals surface area (Å²) < 4.78 is 0.841. The SMILES string of the molecule is CC(C)(CCl)Nc1ncncc1Br. The van der Waals surface area contributed by atoms with Crippen LogP contribution in [0.2, 0.25) is 0 Å². The topological polar surface area (TPSA) is 37.8 Å². The zero-order valence-electron chi connectivity index (χ0n) is 7.51. The van der Waals surface area contributed by atoms with E-state index in [1.807, 2.05) is 13.8 Å². The average molecular weight is 265 g/mol. The lowest BCUT2D eigenvalue weighted by atomic mass is 10.1. The van der Waals surface area contributed by atoms with Gasteiger partial charge in [0.15, 0.2) is 0 Å². The van der Waals surface area contributed by atoms with Crippen molar-refractivity contribution in [1.82, 2.24) is 9.97 Å². The molecule has 1 heterocycles. The molecule has 1 N–H and O–H groups in total. The van der Waals surface area contributed by atoms with Gasteiger partial charge in [0.05, 0.1) is 4.47 Å². The summed E-state index contributed by atoms with van der Waals surface area (Å²) in [6.07, 6.45) is 3.19. The van der Waals surface area contributed by atoms with Gasteiger partial charge >= 0.3 is 0 Å². The Kier molecular flexibility index (Phi) is 3.50. The summed E-state index contributed by atoms with van der Waals surface area (Å²) in [5.41, 5.74) is -0.168. The summed E-state index contributed by atoms with van der Waals surface area (Å²) in [4.78, 5) is 7.95. The van der Waals surface area contributed by atoms with E-state index in [2.05, 4.69) is 31.2 Å². The normalized spacial score (nSPS) is 11.4. The molecule has 0 aliphatic rings. The Morgan fingerprint density at radius 1 is 1.62 bits per heavy atom. The Labute approximate surface area is 91.1 Å². The van der Waals surface area contributed by atoms with Crippen molar-refractivity contribution in [2.75, 3.05) is 11.2 Å². The number of nitrogens with zero attached hydrogens (tertiary/aromatic N) is 2. The van der Waals surface area contributed by atoms with Crippen molar-refractivity contribution in [2.45, 2.75) is 19.4 Å². The predicted molar refractivity (Wildman–Crippen MR) is 58.2 cm³/mol. The van der Waals surface area contributed by atoms with Crippen molar-refractivity contribution in [3.63, 3.8) is 0 Å². The third-order valence-corrected chi connectivity index (χ3v) is 2.71. The number of alkyl halides is 1. The molecule has 0 radical (unpaired) electrons. The Morgan fingerprint density at radius 2 is 2.31 bits per heavy atom. The van der Waals surface area contributed by atoms with E-state index in [0.717, 1.165) is 10.3 Å². The first-order valence-corrected chi connectivity index (χ1v) is 5.17. The van der Waals surface area contributed by atoms with Crippen molar-refractivity contribution in [3.8, 4) is 0 Å². The highest BCUT2D eigenvalue weighted by molar-refractivity contribution is 9.10. The number of nitrogens with one attached hydrogen (secondary N) is 1. The largest absolute Gasteiger partial charge is 0.363 e. The molecule has 0 saturated carbocycles. The van der Waals surface area contributed by atoms with E-state index in [1.165, 1.54) is 6.33 Å². The first-order chi connectivity index (χ1) is 6.05. The highest BCUT2D eigenvalue weighted by Gasteiger charge is 2.17. The molecule has 0 saturated heterocycles. The predicted octanol–water partition coefficient (Wildman–Crippen LogP) is 2.67. The molecular weight excluding hydrogens is 253 g/mol. The van der Waals surface area contributed by atoms with Crippen LogP contribution in [-0.2, 0) is 0 Å². The van der Waals surface area contributed by atoms with Gasteiger partial charge in [-0.3, -0.25) is 0 Å². The second kappa shape index (κ2) is 4.24. The van der Waals surface area contributed by atoms with E-state index in [-0.39, 0.29) is 5.54 Å². The van der Waals surface area contributed by atoms with Gasteiger partial charge in [0, 0.05) is 17.6 Å². The summed E-state index contributed by atoms with van der Waals surface area (Å²) in [6, 6.07) is 0. The van der Waals surface area contributed by atoms with Crippen molar-refractivity contribution >= 4 is 33.3 Å². The van der Waals surface area contributed by atoms with E-state index in [4.69, 9.17) is 11.6 Å². The average Bonchev–Trinajstić information content (AvgIpc) is 2.09. The summed E-state index contributed by atoms with van der Waals surface area (Å²) in [5.74, 6) is 1.28. The highest BCUT2D eigenvalue weighted by atomic mass is 79.9. The van der Waals surface area contributed by atoms with E-state index in [9.17, 15) is 0 Å². The maximum absolute atomic E-state index is 5.77. The molecule has 0 bridgehead atoms. The smallest absolute Gasteiger partial charge is 0.144 e. The Hall–Kier alpha value is -0.350. The molecule has 0 aliphatic carbocycles. The first-order valence-electron chi connectivity index (χ1n) is 3.85. The van der Waals surface area contributed by atoms with Crippen molar-refractivity contribution < 1.29 is 0 Å². The van der Waals surface area contributed by atoms with Gasteiger partial charge in [-0.25, -0.2) is 9.97 Å². The van der Waals surface area contributed by atoms with Crippen LogP contribution in [0.15, 0.2) is 17.0 Å². The molecule has 0 aliphatic heterocycles. The zero-order chi connectivity index (χ0) is 9.90. The molecule has 1 rings (SSSR count). The van der Waals surface area contributed by atoms with Crippen LogP contribution in [0.1, 0.15) is 13.8 Å². The highest BCUT2D eigenvalue weighted by Crippen LogP contribution is 2.21. The fourth-order valence-electron chi connectivity index (χ4n) is 0.759. The van der Waals surface area contributed by atoms with Gasteiger partial charge in [-0.2, -0.15) is 0 Å². The van der Waals surface area contributed by atoms with Gasteiger partial charge < -0.3 is 5.32 Å². The fourth-order valence-corrected chi connectivity index (χ4v) is 1.15. The quantitative estimate of drug-likeness (QED) is 0.853. The molecule has 3 nitrogen and oxygen atoms in total. The zero-order valence-corrected chi connectivity index (χ0v) is 9.85. The number of hydrogen-bond donors (Lipinski definition) is 1. The third kappa shape index (κ3) is 3.12. The first kappa shape index (κ1) is 10.7. The van der Waals surface area contributed by atoms with Gasteiger partial charge in [-0.05, 0) is 29.8 Å². The lowest BCUT2D eigenvalue weighted by Crippen LogP contribution is -2.33. The molecule has 0 fully saturated rings. The van der Waals surface area contributed by atoms with Gasteiger partial charge in [0.2, 0.25) is 0 Å². The molecular formula is C8H11BrClN3. The van der Waals surface area contributed by atoms with Crippen LogP contribution in [0, 0.1) is 0 Å². The second-order valence-corrected chi connectivity index (χ2v) is 4.48. The molecule has 0 atom stereocenters. The Bertz CT molecular complexity index is 290. The Balaban J connectivity index is 2.80. The number of hydrogen-bond acceptors (Lipinski definition) is 3. The van der Waals surface area contributed by atoms with Crippen LogP contribution in [0.25, 0.3) is 0 Å². The molecule has 0 spiro atoms. The molecule has 0 amide bonds. The third-order valence-electron chi connectivity index (χ3n) is 1.46. The van der Waals surface area contributed by atoms with Crippen LogP contribution in [0.4, 0.5) is 5.82 Å². The maximum atomic E-state index is 5.77. The maximum Gasteiger partial charge on any atom is 0.144 e. The minimum absolute atomic E-state index is 0.168. The van der Waals surface area contributed by atoms with Crippen molar-refractivity contribution in [3.05, 3.63) is 17.0 Å². The van der Waals surface area contributed by atoms with Crippen molar-refractivity contribution in [2.24, 2.45) is 0 Å². The molecule has 0 aromatic carbocycles. The van der Waals surface area contributed by atoms with Gasteiger partial charge in [0.25, 0.3) is 0 Å². The second-order valence-electron chi connectivity index (χ2n) is 3.36. The minimum atomic E-state index is -0.168. The summed E-state index contributed by atoms with van der Waals surface area (Å²) >= 11 is 9.12. The summed E-state index contributed by atoms with van der Waals surface area (Å²) in [5, 5.41) is 3.21. The number of aromatic nitrogens is 2. The van der Waals surface area contributed by atoms with E-state index >= 15 is 0 Å². The van der Waals surface area contributed by atoms with Crippen LogP contribution < -0.4 is 5.32 Å². The van der Waals surface area contributed by atoms with Crippen LogP contribution in [0.5, 0.6) is 0 Å².